The van der Waals surface area contributed by atoms with Crippen molar-refractivity contribution < 1.29 is 8.78 Å². The molecule has 0 aliphatic carbocycles. The minimum Gasteiger partial charge on any atom is -0.270 e. The standard InChI is InChI=1S/C2H4F2N2O/c3-2(4,5)1-6-7/h1,5H2. The van der Waals surface area contributed by atoms with Crippen LogP contribution in [0.5, 0.6) is 0 Å². The molecule has 0 aromatic carbocycles. The van der Waals surface area contributed by atoms with Gasteiger partial charge >= 0.3 is 6.05 Å². The lowest BCUT2D eigenvalue weighted by Crippen LogP contribution is -2.31. The highest BCUT2D eigenvalue weighted by atomic mass is 19.3. The lowest BCUT2D eigenvalue weighted by Gasteiger charge is -2.00. The van der Waals surface area contributed by atoms with Crippen molar-refractivity contribution in [3.63, 3.8) is 0 Å². The summed E-state index contributed by atoms with van der Waals surface area (Å²) in [5.41, 5.74) is 4.02. The average Bonchev–Trinajstić information content (AvgIpc) is 1.30. The maximum atomic E-state index is 11.2. The van der Waals surface area contributed by atoms with E-state index in [9.17, 15) is 8.78 Å². The lowest BCUT2D eigenvalue weighted by atomic mass is 10.6. The van der Waals surface area contributed by atoms with Crippen LogP contribution in [0.15, 0.2) is 5.18 Å². The number of hydrogen-bond acceptors (Lipinski definition) is 3. The van der Waals surface area contributed by atoms with Crippen molar-refractivity contribution in [1.29, 1.82) is 0 Å². The summed E-state index contributed by atoms with van der Waals surface area (Å²) in [6.07, 6.45) is 0. The molecule has 0 bridgehead atoms. The van der Waals surface area contributed by atoms with Crippen molar-refractivity contribution in [2.45, 2.75) is 6.05 Å². The van der Waals surface area contributed by atoms with E-state index < -0.39 is 12.6 Å². The van der Waals surface area contributed by atoms with E-state index in [1.54, 1.807) is 0 Å². The third kappa shape index (κ3) is 5.42. The first-order chi connectivity index (χ1) is 3.06. The van der Waals surface area contributed by atoms with Crippen molar-refractivity contribution in [2.24, 2.45) is 10.9 Å². The van der Waals surface area contributed by atoms with Gasteiger partial charge < -0.3 is 0 Å². The molecule has 0 saturated carbocycles. The molecule has 0 fully saturated rings. The molecule has 0 radical (unpaired) electrons. The highest BCUT2D eigenvalue weighted by Crippen LogP contribution is 2.02. The molecule has 0 heterocycles. The molecule has 0 amide bonds. The minimum absolute atomic E-state index is 1.15. The van der Waals surface area contributed by atoms with Crippen LogP contribution in [0, 0.1) is 4.91 Å². The number of nitroso groups, excluding NO2 is 1. The van der Waals surface area contributed by atoms with Gasteiger partial charge in [0.2, 0.25) is 0 Å². The molecule has 0 saturated heterocycles. The van der Waals surface area contributed by atoms with Crippen LogP contribution < -0.4 is 5.73 Å². The maximum absolute atomic E-state index is 11.2. The number of rotatable bonds is 2. The Labute approximate surface area is 38.5 Å². The van der Waals surface area contributed by atoms with Gasteiger partial charge in [0, 0.05) is 0 Å². The SMILES string of the molecule is NC(F)(F)CN=O. The molecule has 0 atom stereocenters. The average molecular weight is 110 g/mol. The van der Waals surface area contributed by atoms with Crippen molar-refractivity contribution in [3.8, 4) is 0 Å². The number of alkyl halides is 2. The van der Waals surface area contributed by atoms with E-state index in [1.807, 2.05) is 5.18 Å². The van der Waals surface area contributed by atoms with Crippen LogP contribution in [0.4, 0.5) is 8.78 Å². The van der Waals surface area contributed by atoms with Crippen LogP contribution in [-0.4, -0.2) is 12.6 Å². The summed E-state index contributed by atoms with van der Waals surface area (Å²) in [4.78, 5) is 9.01. The van der Waals surface area contributed by atoms with E-state index in [4.69, 9.17) is 4.91 Å². The van der Waals surface area contributed by atoms with Crippen LogP contribution in [0.2, 0.25) is 0 Å². The van der Waals surface area contributed by atoms with Gasteiger partial charge in [-0.25, -0.2) is 0 Å². The molecule has 0 aromatic rings. The second-order valence-electron chi connectivity index (χ2n) is 1.05. The minimum atomic E-state index is -3.43. The highest BCUT2D eigenvalue weighted by Gasteiger charge is 2.21. The summed E-state index contributed by atoms with van der Waals surface area (Å²) in [6, 6.07) is -3.43. The first kappa shape index (κ1) is 6.42. The van der Waals surface area contributed by atoms with Crippen LogP contribution in [0.1, 0.15) is 0 Å². The largest absolute Gasteiger partial charge is 0.322 e. The summed E-state index contributed by atoms with van der Waals surface area (Å²) >= 11 is 0. The van der Waals surface area contributed by atoms with Crippen molar-refractivity contribution >= 4 is 0 Å². The molecule has 0 unspecified atom stereocenters. The van der Waals surface area contributed by atoms with E-state index in [0.29, 0.717) is 0 Å². The van der Waals surface area contributed by atoms with Gasteiger partial charge in [0.1, 0.15) is 0 Å². The van der Waals surface area contributed by atoms with Crippen molar-refractivity contribution in [2.75, 3.05) is 6.54 Å². The van der Waals surface area contributed by atoms with E-state index in [2.05, 4.69) is 5.73 Å². The highest BCUT2D eigenvalue weighted by molar-refractivity contribution is 4.56. The number of halogens is 2. The molecule has 0 aliphatic rings. The molecular weight excluding hydrogens is 106 g/mol. The van der Waals surface area contributed by atoms with Gasteiger partial charge in [0.15, 0.2) is 6.54 Å². The summed E-state index contributed by atoms with van der Waals surface area (Å²) in [6.45, 7) is -1.15. The van der Waals surface area contributed by atoms with Crippen molar-refractivity contribution in [3.05, 3.63) is 4.91 Å². The Morgan fingerprint density at radius 3 is 2.14 bits per heavy atom. The fraction of sp³-hybridized carbons (Fsp3) is 1.00. The Hall–Kier alpha value is -0.580. The maximum Gasteiger partial charge on any atom is 0.322 e. The van der Waals surface area contributed by atoms with E-state index in [0.717, 1.165) is 0 Å². The molecule has 3 nitrogen and oxygen atoms in total. The lowest BCUT2D eigenvalue weighted by molar-refractivity contribution is 0.0184. The Morgan fingerprint density at radius 1 is 1.71 bits per heavy atom. The Bertz CT molecular complexity index is 68.6. The van der Waals surface area contributed by atoms with Gasteiger partial charge in [-0.05, 0) is 0 Å². The molecule has 0 aromatic heterocycles. The molecule has 0 aliphatic heterocycles. The van der Waals surface area contributed by atoms with Gasteiger partial charge in [0.25, 0.3) is 0 Å². The van der Waals surface area contributed by atoms with Crippen LogP contribution in [0.3, 0.4) is 0 Å². The first-order valence-electron chi connectivity index (χ1n) is 1.52. The number of nitrogens with zero attached hydrogens (tertiary/aromatic N) is 1. The number of hydrogen-bond donors (Lipinski definition) is 1. The van der Waals surface area contributed by atoms with Gasteiger partial charge in [-0.15, -0.1) is 0 Å². The normalized spacial score (nSPS) is 11.3. The Morgan fingerprint density at radius 2 is 2.14 bits per heavy atom. The second-order valence-corrected chi connectivity index (χ2v) is 1.05. The molecule has 0 spiro atoms. The molecule has 5 heteroatoms. The summed E-state index contributed by atoms with van der Waals surface area (Å²) < 4.78 is 22.4. The van der Waals surface area contributed by atoms with Gasteiger partial charge in [-0.3, -0.25) is 5.73 Å². The van der Waals surface area contributed by atoms with Crippen molar-refractivity contribution in [1.82, 2.24) is 0 Å². The molecule has 7 heavy (non-hydrogen) atoms. The smallest absolute Gasteiger partial charge is 0.270 e. The predicted octanol–water partition coefficient (Wildman–Crippen LogP) is 0.304. The quantitative estimate of drug-likeness (QED) is 0.410. The van der Waals surface area contributed by atoms with Crippen LogP contribution >= 0.6 is 0 Å². The predicted molar refractivity (Wildman–Crippen MR) is 19.8 cm³/mol. The monoisotopic (exact) mass is 110 g/mol. The second kappa shape index (κ2) is 1.92. The Balaban J connectivity index is 3.34. The molecule has 42 valence electrons. The first-order valence-corrected chi connectivity index (χ1v) is 1.52. The van der Waals surface area contributed by atoms with Crippen LogP contribution in [0.25, 0.3) is 0 Å². The summed E-state index contributed by atoms with van der Waals surface area (Å²) in [5, 5.41) is 1.88. The van der Waals surface area contributed by atoms with Gasteiger partial charge in [-0.1, -0.05) is 5.18 Å². The summed E-state index contributed by atoms with van der Waals surface area (Å²) in [7, 11) is 0. The third-order valence-electron chi connectivity index (χ3n) is 0.275. The topological polar surface area (TPSA) is 55.4 Å². The fourth-order valence-electron chi connectivity index (χ4n) is 0.0861. The molecular formula is C2H4F2N2O. The Kier molecular flexibility index (Phi) is 1.76. The van der Waals surface area contributed by atoms with Gasteiger partial charge in [-0.2, -0.15) is 13.7 Å². The van der Waals surface area contributed by atoms with E-state index in [-0.39, 0.29) is 0 Å². The van der Waals surface area contributed by atoms with Crippen LogP contribution in [-0.2, 0) is 0 Å². The zero-order chi connectivity index (χ0) is 5.91. The van der Waals surface area contributed by atoms with E-state index >= 15 is 0 Å². The van der Waals surface area contributed by atoms with Gasteiger partial charge in [0.05, 0.1) is 0 Å². The van der Waals surface area contributed by atoms with E-state index in [1.165, 1.54) is 0 Å². The molecule has 2 N–H and O–H groups in total. The zero-order valence-corrected chi connectivity index (χ0v) is 3.40. The third-order valence-corrected chi connectivity index (χ3v) is 0.275. The number of nitrogens with two attached hydrogens (primary N) is 1. The fourth-order valence-corrected chi connectivity index (χ4v) is 0.0861. The molecule has 0 rings (SSSR count). The zero-order valence-electron chi connectivity index (χ0n) is 3.40. The summed E-state index contributed by atoms with van der Waals surface area (Å²) in [5.74, 6) is 0.